The summed E-state index contributed by atoms with van der Waals surface area (Å²) in [6, 6.07) is 7.97. The molecule has 40 heavy (non-hydrogen) atoms. The number of carbonyl (C=O) groups is 2. The van der Waals surface area contributed by atoms with Crippen molar-refractivity contribution in [3.05, 3.63) is 58.7 Å². The van der Waals surface area contributed by atoms with Crippen molar-refractivity contribution in [2.45, 2.75) is 53.4 Å². The van der Waals surface area contributed by atoms with Crippen LogP contribution in [0.4, 0.5) is 11.6 Å². The monoisotopic (exact) mass is 541 g/mol. The van der Waals surface area contributed by atoms with Crippen LogP contribution >= 0.6 is 0 Å². The lowest BCUT2D eigenvalue weighted by atomic mass is 9.75. The number of hydrogen-bond donors (Lipinski definition) is 1. The highest BCUT2D eigenvalue weighted by Crippen LogP contribution is 2.37. The first-order chi connectivity index (χ1) is 19.2. The van der Waals surface area contributed by atoms with Crippen molar-refractivity contribution < 1.29 is 14.3 Å². The second-order valence-corrected chi connectivity index (χ2v) is 11.4. The molecule has 208 valence electrons. The summed E-state index contributed by atoms with van der Waals surface area (Å²) in [6.07, 6.45) is 6.21. The molecule has 10 nitrogen and oxygen atoms in total. The quantitative estimate of drug-likeness (QED) is 0.430. The van der Waals surface area contributed by atoms with E-state index < -0.39 is 5.97 Å². The van der Waals surface area contributed by atoms with Crippen molar-refractivity contribution in [3.63, 3.8) is 0 Å². The van der Waals surface area contributed by atoms with Crippen molar-refractivity contribution in [3.8, 4) is 11.8 Å². The number of nitrogens with one attached hydrogen (secondary N) is 1. The molecule has 0 amide bonds. The van der Waals surface area contributed by atoms with Crippen LogP contribution in [-0.4, -0.2) is 57.7 Å². The zero-order valence-electron chi connectivity index (χ0n) is 23.5. The molecular weight excluding hydrogens is 506 g/mol. The van der Waals surface area contributed by atoms with Gasteiger partial charge in [0.05, 0.1) is 46.1 Å². The van der Waals surface area contributed by atoms with Crippen LogP contribution in [0, 0.1) is 29.6 Å². The van der Waals surface area contributed by atoms with Gasteiger partial charge in [0.1, 0.15) is 6.07 Å². The molecule has 2 aromatic heterocycles. The van der Waals surface area contributed by atoms with Crippen molar-refractivity contribution >= 4 is 23.4 Å². The van der Waals surface area contributed by atoms with E-state index in [1.54, 1.807) is 6.92 Å². The number of benzene rings is 1. The number of carbonyl (C=O) groups excluding carboxylic acids is 2. The molecule has 3 aromatic rings. The Morgan fingerprint density at radius 2 is 1.93 bits per heavy atom. The van der Waals surface area contributed by atoms with Gasteiger partial charge in [0.25, 0.3) is 0 Å². The highest BCUT2D eigenvalue weighted by Gasteiger charge is 2.35. The van der Waals surface area contributed by atoms with E-state index in [-0.39, 0.29) is 11.2 Å². The lowest BCUT2D eigenvalue weighted by Crippen LogP contribution is -2.37. The Hall–Kier alpha value is -4.26. The first-order valence-electron chi connectivity index (χ1n) is 13.8. The van der Waals surface area contributed by atoms with Gasteiger partial charge in [-0.1, -0.05) is 13.8 Å². The molecule has 1 N–H and O–H groups in total. The summed E-state index contributed by atoms with van der Waals surface area (Å²) in [4.78, 5) is 35.6. The summed E-state index contributed by atoms with van der Waals surface area (Å²) >= 11 is 0. The molecule has 1 aliphatic heterocycles. The molecule has 1 fully saturated rings. The van der Waals surface area contributed by atoms with Gasteiger partial charge in [-0.3, -0.25) is 4.79 Å². The third kappa shape index (κ3) is 5.55. The highest BCUT2D eigenvalue weighted by molar-refractivity contribution is 5.99. The van der Waals surface area contributed by atoms with Crippen LogP contribution in [0.5, 0.6) is 0 Å². The fourth-order valence-corrected chi connectivity index (χ4v) is 5.66. The molecule has 1 aromatic carbocycles. The smallest absolute Gasteiger partial charge is 0.341 e. The normalized spacial score (nSPS) is 16.8. The second-order valence-electron chi connectivity index (χ2n) is 11.4. The fraction of sp³-hybridized carbons (Fsp3) is 0.467. The number of piperidine rings is 1. The molecule has 0 unspecified atom stereocenters. The van der Waals surface area contributed by atoms with E-state index in [0.29, 0.717) is 36.0 Å². The Bertz CT molecular complexity index is 1460. The second kappa shape index (κ2) is 11.1. The molecule has 2 aliphatic rings. The lowest BCUT2D eigenvalue weighted by molar-refractivity contribution is 0.0525. The van der Waals surface area contributed by atoms with Crippen LogP contribution < -0.4 is 10.2 Å². The molecule has 1 saturated heterocycles. The van der Waals surface area contributed by atoms with E-state index in [1.807, 2.05) is 29.8 Å². The number of hydrogen-bond acceptors (Lipinski definition) is 9. The Balaban J connectivity index is 1.25. The molecule has 0 atom stereocenters. The molecular formula is C30H35N7O3. The van der Waals surface area contributed by atoms with E-state index >= 15 is 0 Å². The van der Waals surface area contributed by atoms with Gasteiger partial charge >= 0.3 is 5.97 Å². The SMILES string of the molecule is CCOC(=O)c1cnc(N2CCC(CNc3cc(-n4nc(C)c5c4CC(C)(C)CC5=O)ccc3C#N)CC2)nc1. The Kier molecular flexibility index (Phi) is 7.57. The van der Waals surface area contributed by atoms with Gasteiger partial charge in [-0.25, -0.2) is 19.4 Å². The maximum absolute atomic E-state index is 12.9. The topological polar surface area (TPSA) is 126 Å². The number of nitrogens with zero attached hydrogens (tertiary/aromatic N) is 6. The number of aryl methyl sites for hydroxylation is 1. The van der Waals surface area contributed by atoms with Crippen LogP contribution in [0.25, 0.3) is 5.69 Å². The zero-order chi connectivity index (χ0) is 28.4. The van der Waals surface area contributed by atoms with Gasteiger partial charge in [0.2, 0.25) is 5.95 Å². The van der Waals surface area contributed by atoms with E-state index in [2.05, 4.69) is 40.1 Å². The minimum Gasteiger partial charge on any atom is -0.462 e. The van der Waals surface area contributed by atoms with Gasteiger partial charge in [-0.05, 0) is 62.6 Å². The van der Waals surface area contributed by atoms with E-state index in [1.165, 1.54) is 12.4 Å². The van der Waals surface area contributed by atoms with Crippen LogP contribution in [-0.2, 0) is 11.2 Å². The van der Waals surface area contributed by atoms with Crippen LogP contribution in [0.3, 0.4) is 0 Å². The number of nitriles is 1. The molecule has 0 spiro atoms. The first-order valence-corrected chi connectivity index (χ1v) is 13.8. The number of esters is 1. The molecule has 3 heterocycles. The van der Waals surface area contributed by atoms with Crippen molar-refractivity contribution in [2.24, 2.45) is 11.3 Å². The van der Waals surface area contributed by atoms with Crippen molar-refractivity contribution in [1.29, 1.82) is 5.26 Å². The van der Waals surface area contributed by atoms with Gasteiger partial charge in [0, 0.05) is 38.4 Å². The molecule has 0 radical (unpaired) electrons. The number of aromatic nitrogens is 4. The largest absolute Gasteiger partial charge is 0.462 e. The third-order valence-electron chi connectivity index (χ3n) is 7.72. The lowest BCUT2D eigenvalue weighted by Gasteiger charge is -2.32. The summed E-state index contributed by atoms with van der Waals surface area (Å²) in [5.74, 6) is 0.759. The minimum absolute atomic E-state index is 0.120. The van der Waals surface area contributed by atoms with E-state index in [0.717, 1.165) is 67.2 Å². The molecule has 0 bridgehead atoms. The summed E-state index contributed by atoms with van der Waals surface area (Å²) < 4.78 is 6.88. The summed E-state index contributed by atoms with van der Waals surface area (Å²) in [5.41, 5.74) is 4.85. The third-order valence-corrected chi connectivity index (χ3v) is 7.72. The predicted molar refractivity (Wildman–Crippen MR) is 151 cm³/mol. The van der Waals surface area contributed by atoms with Gasteiger partial charge in [0.15, 0.2) is 5.78 Å². The number of anilines is 2. The van der Waals surface area contributed by atoms with Crippen LogP contribution in [0.15, 0.2) is 30.6 Å². The average Bonchev–Trinajstić information content (AvgIpc) is 3.27. The molecule has 1 aliphatic carbocycles. The molecule has 10 heteroatoms. The number of Topliss-reactive ketones (excluding diaryl/α,β-unsaturated/α-hetero) is 1. The van der Waals surface area contributed by atoms with E-state index in [9.17, 15) is 14.9 Å². The molecule has 0 saturated carbocycles. The maximum atomic E-state index is 12.9. The average molecular weight is 542 g/mol. The van der Waals surface area contributed by atoms with E-state index in [4.69, 9.17) is 9.84 Å². The number of ketones is 1. The first kappa shape index (κ1) is 27.3. The van der Waals surface area contributed by atoms with Crippen LogP contribution in [0.1, 0.15) is 77.7 Å². The number of rotatable bonds is 7. The standard InChI is InChI=1S/C30H35N7O3/c1-5-40-28(39)22-17-33-29(34-18-22)36-10-8-20(9-11-36)16-32-24-12-23(7-6-21(24)15-31)37-25-13-30(3,4)14-26(38)27(25)19(2)35-37/h6-7,12,17-18,20,32H,5,8-11,13-14,16H2,1-4H3. The fourth-order valence-electron chi connectivity index (χ4n) is 5.66. The summed E-state index contributed by atoms with van der Waals surface area (Å²) in [5, 5.41) is 18.0. The predicted octanol–water partition coefficient (Wildman–Crippen LogP) is 4.50. The van der Waals surface area contributed by atoms with Gasteiger partial charge in [-0.2, -0.15) is 10.4 Å². The Labute approximate surface area is 234 Å². The summed E-state index contributed by atoms with van der Waals surface area (Å²) in [7, 11) is 0. The minimum atomic E-state index is -0.417. The van der Waals surface area contributed by atoms with Crippen molar-refractivity contribution in [2.75, 3.05) is 36.5 Å². The van der Waals surface area contributed by atoms with Crippen molar-refractivity contribution in [1.82, 2.24) is 19.7 Å². The Morgan fingerprint density at radius 3 is 2.60 bits per heavy atom. The maximum Gasteiger partial charge on any atom is 0.341 e. The number of ether oxygens (including phenoxy) is 1. The molecule has 5 rings (SSSR count). The van der Waals surface area contributed by atoms with Crippen LogP contribution in [0.2, 0.25) is 0 Å². The summed E-state index contributed by atoms with van der Waals surface area (Å²) in [6.45, 7) is 10.5. The zero-order valence-corrected chi connectivity index (χ0v) is 23.5. The highest BCUT2D eigenvalue weighted by atomic mass is 16.5. The van der Waals surface area contributed by atoms with Gasteiger partial charge in [-0.15, -0.1) is 0 Å². The number of fused-ring (bicyclic) bond motifs is 1. The van der Waals surface area contributed by atoms with Gasteiger partial charge < -0.3 is 15.0 Å². The Morgan fingerprint density at radius 1 is 1.20 bits per heavy atom.